The normalized spacial score (nSPS) is 20.1. The van der Waals surface area contributed by atoms with Crippen LogP contribution in [-0.4, -0.2) is 18.2 Å². The number of sulfone groups is 1. The van der Waals surface area contributed by atoms with Crippen LogP contribution in [0.15, 0.2) is 6.20 Å². The first-order valence-corrected chi connectivity index (χ1v) is 5.11. The molecule has 0 spiro atoms. The van der Waals surface area contributed by atoms with Gasteiger partial charge in [-0.05, 0) is 0 Å². The molecule has 0 atom stereocenters. The van der Waals surface area contributed by atoms with Gasteiger partial charge in [-0.1, -0.05) is 0 Å². The van der Waals surface area contributed by atoms with Crippen LogP contribution < -0.4 is 0 Å². The fourth-order valence-electron chi connectivity index (χ4n) is 1.31. The van der Waals surface area contributed by atoms with Crippen molar-refractivity contribution in [2.24, 2.45) is 7.05 Å². The second kappa shape index (κ2) is 1.85. The lowest BCUT2D eigenvalue weighted by atomic mass is 10.3. The number of aryl methyl sites for hydroxylation is 1. The van der Waals surface area contributed by atoms with Crippen molar-refractivity contribution >= 4 is 9.84 Å². The maximum absolute atomic E-state index is 11.1. The minimum Gasteiger partial charge on any atom is -0.271 e. The molecule has 0 saturated heterocycles. The van der Waals surface area contributed by atoms with Crippen LogP contribution >= 0.6 is 0 Å². The Morgan fingerprint density at radius 3 is 2.91 bits per heavy atom. The fraction of sp³-hybridized carbons (Fsp3) is 0.500. The van der Waals surface area contributed by atoms with E-state index in [0.717, 1.165) is 11.3 Å². The topological polar surface area (TPSA) is 52.0 Å². The fourth-order valence-corrected chi connectivity index (χ4v) is 2.92. The second-order valence-electron chi connectivity index (χ2n) is 2.77. The van der Waals surface area contributed by atoms with Gasteiger partial charge in [0.15, 0.2) is 9.84 Å². The number of hydrogen-bond acceptors (Lipinski definition) is 3. The van der Waals surface area contributed by atoms with Gasteiger partial charge >= 0.3 is 0 Å². The van der Waals surface area contributed by atoms with E-state index in [4.69, 9.17) is 0 Å². The molecule has 0 aromatic carbocycles. The molecule has 1 aromatic rings. The van der Waals surface area contributed by atoms with Gasteiger partial charge in [0.05, 0.1) is 23.4 Å². The van der Waals surface area contributed by atoms with Crippen LogP contribution in [0.25, 0.3) is 0 Å². The van der Waals surface area contributed by atoms with Crippen molar-refractivity contribution in [3.05, 3.63) is 17.5 Å². The molecule has 0 radical (unpaired) electrons. The Morgan fingerprint density at radius 1 is 1.55 bits per heavy atom. The summed E-state index contributed by atoms with van der Waals surface area (Å²) in [4.78, 5) is 0. The Hall–Kier alpha value is -0.840. The van der Waals surface area contributed by atoms with Crippen LogP contribution in [0.3, 0.4) is 0 Å². The van der Waals surface area contributed by atoms with Crippen LogP contribution in [-0.2, 0) is 28.4 Å². The molecule has 0 N–H and O–H groups in total. The highest BCUT2D eigenvalue weighted by atomic mass is 32.2. The first-order valence-electron chi connectivity index (χ1n) is 3.29. The molecule has 2 rings (SSSR count). The van der Waals surface area contributed by atoms with Crippen LogP contribution in [0.1, 0.15) is 11.3 Å². The first-order chi connectivity index (χ1) is 5.08. The highest BCUT2D eigenvalue weighted by molar-refractivity contribution is 7.90. The van der Waals surface area contributed by atoms with Gasteiger partial charge in [-0.15, -0.1) is 0 Å². The van der Waals surface area contributed by atoms with E-state index in [1.165, 1.54) is 0 Å². The highest BCUT2D eigenvalue weighted by Crippen LogP contribution is 2.23. The zero-order valence-corrected chi connectivity index (χ0v) is 6.93. The van der Waals surface area contributed by atoms with Crippen LogP contribution in [0.5, 0.6) is 0 Å². The van der Waals surface area contributed by atoms with Crippen molar-refractivity contribution in [2.75, 3.05) is 0 Å². The van der Waals surface area contributed by atoms with Crippen molar-refractivity contribution in [1.82, 2.24) is 9.78 Å². The predicted octanol–water partition coefficient (Wildman–Crippen LogP) is -0.151. The van der Waals surface area contributed by atoms with Crippen LogP contribution in [0, 0.1) is 0 Å². The monoisotopic (exact) mass is 172 g/mol. The SMILES string of the molecule is Cn1ncc2c1CS(=O)(=O)C2. The molecule has 1 aromatic heterocycles. The van der Waals surface area contributed by atoms with Crippen molar-refractivity contribution < 1.29 is 8.42 Å². The molecule has 0 amide bonds. The molecular weight excluding hydrogens is 164 g/mol. The molecule has 2 heterocycles. The summed E-state index contributed by atoms with van der Waals surface area (Å²) in [5.74, 6) is 0.314. The Morgan fingerprint density at radius 2 is 2.27 bits per heavy atom. The summed E-state index contributed by atoms with van der Waals surface area (Å²) >= 11 is 0. The lowest BCUT2D eigenvalue weighted by molar-refractivity contribution is 0.595. The highest BCUT2D eigenvalue weighted by Gasteiger charge is 2.27. The summed E-state index contributed by atoms with van der Waals surface area (Å²) in [6, 6.07) is 0. The zero-order valence-electron chi connectivity index (χ0n) is 6.11. The lowest BCUT2D eigenvalue weighted by Crippen LogP contribution is -2.01. The zero-order chi connectivity index (χ0) is 8.06. The van der Waals surface area contributed by atoms with Gasteiger partial charge < -0.3 is 0 Å². The van der Waals surface area contributed by atoms with E-state index in [1.54, 1.807) is 17.9 Å². The number of rotatable bonds is 0. The first kappa shape index (κ1) is 6.84. The predicted molar refractivity (Wildman–Crippen MR) is 39.5 cm³/mol. The number of fused-ring (bicyclic) bond motifs is 1. The molecule has 0 aliphatic carbocycles. The van der Waals surface area contributed by atoms with E-state index < -0.39 is 9.84 Å². The van der Waals surface area contributed by atoms with E-state index in [2.05, 4.69) is 5.10 Å². The van der Waals surface area contributed by atoms with Gasteiger partial charge in [-0.25, -0.2) is 8.42 Å². The summed E-state index contributed by atoms with van der Waals surface area (Å²) < 4.78 is 23.7. The van der Waals surface area contributed by atoms with Crippen molar-refractivity contribution in [2.45, 2.75) is 11.5 Å². The molecule has 0 unspecified atom stereocenters. The molecule has 4 nitrogen and oxygen atoms in total. The quantitative estimate of drug-likeness (QED) is 0.546. The third-order valence-electron chi connectivity index (χ3n) is 1.88. The molecule has 0 saturated carbocycles. The summed E-state index contributed by atoms with van der Waals surface area (Å²) in [7, 11) is -1.08. The van der Waals surface area contributed by atoms with Gasteiger partial charge in [0.1, 0.15) is 0 Å². The Labute approximate surface area is 64.8 Å². The standard InChI is InChI=1S/C6H8N2O2S/c1-8-6-4-11(9,10)3-5(6)2-7-8/h2H,3-4H2,1H3. The summed E-state index contributed by atoms with van der Waals surface area (Å²) in [6.45, 7) is 0. The second-order valence-corrected chi connectivity index (χ2v) is 4.84. The Balaban J connectivity index is 2.58. The van der Waals surface area contributed by atoms with E-state index in [-0.39, 0.29) is 11.5 Å². The van der Waals surface area contributed by atoms with Gasteiger partial charge in [-0.2, -0.15) is 5.10 Å². The maximum atomic E-state index is 11.1. The lowest BCUT2D eigenvalue weighted by Gasteiger charge is -1.93. The molecular formula is C6H8N2O2S. The average Bonchev–Trinajstić information content (AvgIpc) is 2.31. The molecule has 1 aliphatic rings. The number of aromatic nitrogens is 2. The Kier molecular flexibility index (Phi) is 1.15. The molecule has 0 bridgehead atoms. The third-order valence-corrected chi connectivity index (χ3v) is 3.34. The number of hydrogen-bond donors (Lipinski definition) is 0. The molecule has 0 fully saturated rings. The van der Waals surface area contributed by atoms with Crippen LogP contribution in [0.4, 0.5) is 0 Å². The van der Waals surface area contributed by atoms with Crippen molar-refractivity contribution in [3.63, 3.8) is 0 Å². The average molecular weight is 172 g/mol. The van der Waals surface area contributed by atoms with Gasteiger partial charge in [0.2, 0.25) is 0 Å². The molecule has 60 valence electrons. The summed E-state index contributed by atoms with van der Waals surface area (Å²) in [6.07, 6.45) is 1.62. The van der Waals surface area contributed by atoms with Gasteiger partial charge in [0, 0.05) is 12.6 Å². The van der Waals surface area contributed by atoms with Crippen LogP contribution in [0.2, 0.25) is 0 Å². The minimum absolute atomic E-state index is 0.152. The largest absolute Gasteiger partial charge is 0.271 e. The van der Waals surface area contributed by atoms with Crippen molar-refractivity contribution in [3.8, 4) is 0 Å². The van der Waals surface area contributed by atoms with Gasteiger partial charge in [-0.3, -0.25) is 4.68 Å². The minimum atomic E-state index is -2.85. The van der Waals surface area contributed by atoms with Crippen molar-refractivity contribution in [1.29, 1.82) is 0 Å². The summed E-state index contributed by atoms with van der Waals surface area (Å²) in [5.41, 5.74) is 1.69. The third kappa shape index (κ3) is 0.956. The van der Waals surface area contributed by atoms with E-state index >= 15 is 0 Å². The van der Waals surface area contributed by atoms with E-state index in [9.17, 15) is 8.42 Å². The van der Waals surface area contributed by atoms with E-state index in [1.807, 2.05) is 0 Å². The molecule has 11 heavy (non-hydrogen) atoms. The maximum Gasteiger partial charge on any atom is 0.160 e. The Bertz CT molecular complexity index is 391. The van der Waals surface area contributed by atoms with Gasteiger partial charge in [0.25, 0.3) is 0 Å². The number of nitrogens with zero attached hydrogens (tertiary/aromatic N) is 2. The smallest absolute Gasteiger partial charge is 0.160 e. The van der Waals surface area contributed by atoms with E-state index in [0.29, 0.717) is 0 Å². The summed E-state index contributed by atoms with van der Waals surface area (Å²) in [5, 5.41) is 3.96. The molecule has 1 aliphatic heterocycles. The molecule has 5 heteroatoms.